The van der Waals surface area contributed by atoms with Crippen LogP contribution in [0.4, 0.5) is 0 Å². The molecule has 0 spiro atoms. The van der Waals surface area contributed by atoms with Gasteiger partial charge in [0, 0.05) is 25.1 Å². The summed E-state index contributed by atoms with van der Waals surface area (Å²) in [4.78, 5) is 2.48. The van der Waals surface area contributed by atoms with Crippen LogP contribution in [-0.4, -0.2) is 54.6 Å². The summed E-state index contributed by atoms with van der Waals surface area (Å²) < 4.78 is 11.6. The molecule has 0 amide bonds. The molecule has 0 radical (unpaired) electrons. The topological polar surface area (TPSA) is 41.9 Å². The van der Waals surface area contributed by atoms with Crippen molar-refractivity contribution < 1.29 is 14.6 Å². The molecule has 0 bridgehead atoms. The normalized spacial score (nSPS) is 31.3. The highest BCUT2D eigenvalue weighted by Gasteiger charge is 2.43. The third-order valence-corrected chi connectivity index (χ3v) is 5.68. The van der Waals surface area contributed by atoms with Crippen molar-refractivity contribution in [2.75, 3.05) is 32.9 Å². The van der Waals surface area contributed by atoms with Gasteiger partial charge in [0.2, 0.25) is 0 Å². The van der Waals surface area contributed by atoms with Gasteiger partial charge in [0.25, 0.3) is 0 Å². The van der Waals surface area contributed by atoms with Gasteiger partial charge in [0.15, 0.2) is 0 Å². The Morgan fingerprint density at radius 2 is 2.29 bits per heavy atom. The Morgan fingerprint density at radius 3 is 3.08 bits per heavy atom. The SMILES string of the molecule is CCc1cccc(OCCN2CCC[C@@H]2[C@H]2COCC[C@]2(C)O)c1. The molecule has 2 aliphatic rings. The lowest BCUT2D eigenvalue weighted by Crippen LogP contribution is -2.53. The van der Waals surface area contributed by atoms with Crippen LogP contribution in [0.3, 0.4) is 0 Å². The molecule has 2 fully saturated rings. The van der Waals surface area contributed by atoms with Crippen LogP contribution in [0.5, 0.6) is 5.75 Å². The van der Waals surface area contributed by atoms with Crippen LogP contribution in [-0.2, 0) is 11.2 Å². The van der Waals surface area contributed by atoms with Gasteiger partial charge < -0.3 is 14.6 Å². The number of hydrogen-bond donors (Lipinski definition) is 1. The van der Waals surface area contributed by atoms with Crippen molar-refractivity contribution in [2.24, 2.45) is 5.92 Å². The van der Waals surface area contributed by atoms with E-state index in [4.69, 9.17) is 9.47 Å². The van der Waals surface area contributed by atoms with Gasteiger partial charge >= 0.3 is 0 Å². The standard InChI is InChI=1S/C20H31NO3/c1-3-16-6-4-7-17(14-16)24-13-11-21-10-5-8-19(21)18-15-23-12-9-20(18,2)22/h4,6-7,14,18-19,22H,3,5,8-13,15H2,1-2H3/t18-,19-,20+/m1/s1. The molecule has 3 rings (SSSR count). The highest BCUT2D eigenvalue weighted by Crippen LogP contribution is 2.35. The van der Waals surface area contributed by atoms with Crippen LogP contribution in [0.25, 0.3) is 0 Å². The first-order chi connectivity index (χ1) is 11.6. The summed E-state index contributed by atoms with van der Waals surface area (Å²) in [6, 6.07) is 8.75. The minimum atomic E-state index is -0.609. The van der Waals surface area contributed by atoms with Crippen LogP contribution in [0.15, 0.2) is 24.3 Å². The van der Waals surface area contributed by atoms with Crippen LogP contribution in [0, 0.1) is 5.92 Å². The van der Waals surface area contributed by atoms with Crippen LogP contribution >= 0.6 is 0 Å². The maximum atomic E-state index is 10.7. The Morgan fingerprint density at radius 1 is 1.42 bits per heavy atom. The fourth-order valence-electron chi connectivity index (χ4n) is 4.10. The minimum absolute atomic E-state index is 0.206. The summed E-state index contributed by atoms with van der Waals surface area (Å²) in [5.41, 5.74) is 0.698. The zero-order chi connectivity index (χ0) is 17.0. The summed E-state index contributed by atoms with van der Waals surface area (Å²) in [5.74, 6) is 1.16. The molecular formula is C20H31NO3. The molecule has 3 atom stereocenters. The molecular weight excluding hydrogens is 302 g/mol. The van der Waals surface area contributed by atoms with Crippen molar-refractivity contribution >= 4 is 0 Å². The van der Waals surface area contributed by atoms with E-state index in [1.165, 1.54) is 12.0 Å². The third-order valence-electron chi connectivity index (χ3n) is 5.68. The number of likely N-dealkylation sites (tertiary alicyclic amines) is 1. The van der Waals surface area contributed by atoms with Crippen molar-refractivity contribution in [2.45, 2.75) is 51.2 Å². The fourth-order valence-corrected chi connectivity index (χ4v) is 4.10. The number of hydrogen-bond acceptors (Lipinski definition) is 4. The van der Waals surface area contributed by atoms with Gasteiger partial charge in [0.1, 0.15) is 12.4 Å². The second-order valence-corrected chi connectivity index (χ2v) is 7.38. The number of aliphatic hydroxyl groups is 1. The number of ether oxygens (including phenoxy) is 2. The summed E-state index contributed by atoms with van der Waals surface area (Å²) in [5, 5.41) is 10.7. The van der Waals surface area contributed by atoms with E-state index in [0.717, 1.165) is 38.1 Å². The molecule has 4 heteroatoms. The van der Waals surface area contributed by atoms with Crippen LogP contribution in [0.1, 0.15) is 38.7 Å². The molecule has 134 valence electrons. The maximum absolute atomic E-state index is 10.7. The average molecular weight is 333 g/mol. The van der Waals surface area contributed by atoms with E-state index in [1.807, 2.05) is 13.0 Å². The van der Waals surface area contributed by atoms with Gasteiger partial charge in [-0.15, -0.1) is 0 Å². The highest BCUT2D eigenvalue weighted by molar-refractivity contribution is 5.28. The Labute approximate surface area is 145 Å². The van der Waals surface area contributed by atoms with Gasteiger partial charge in [0.05, 0.1) is 12.2 Å². The number of rotatable bonds is 6. The van der Waals surface area contributed by atoms with E-state index in [9.17, 15) is 5.11 Å². The molecule has 0 unspecified atom stereocenters. The molecule has 0 aliphatic carbocycles. The van der Waals surface area contributed by atoms with Gasteiger partial charge in [-0.1, -0.05) is 19.1 Å². The third kappa shape index (κ3) is 4.11. The van der Waals surface area contributed by atoms with E-state index in [2.05, 4.69) is 30.0 Å². The molecule has 2 heterocycles. The van der Waals surface area contributed by atoms with Gasteiger partial charge in [-0.25, -0.2) is 0 Å². The molecule has 0 saturated carbocycles. The van der Waals surface area contributed by atoms with E-state index < -0.39 is 5.60 Å². The van der Waals surface area contributed by atoms with Crippen molar-refractivity contribution in [1.82, 2.24) is 4.90 Å². The molecule has 24 heavy (non-hydrogen) atoms. The van der Waals surface area contributed by atoms with E-state index in [1.54, 1.807) is 0 Å². The number of nitrogens with zero attached hydrogens (tertiary/aromatic N) is 1. The number of aryl methyl sites for hydroxylation is 1. The summed E-state index contributed by atoms with van der Waals surface area (Å²) in [6.45, 7) is 8.18. The summed E-state index contributed by atoms with van der Waals surface area (Å²) >= 11 is 0. The number of benzene rings is 1. The van der Waals surface area contributed by atoms with Crippen molar-refractivity contribution in [3.05, 3.63) is 29.8 Å². The smallest absolute Gasteiger partial charge is 0.119 e. The quantitative estimate of drug-likeness (QED) is 0.869. The van der Waals surface area contributed by atoms with Crippen LogP contribution in [0.2, 0.25) is 0 Å². The molecule has 1 N–H and O–H groups in total. The van der Waals surface area contributed by atoms with Gasteiger partial charge in [-0.2, -0.15) is 0 Å². The van der Waals surface area contributed by atoms with E-state index >= 15 is 0 Å². The Balaban J connectivity index is 1.54. The van der Waals surface area contributed by atoms with Crippen molar-refractivity contribution in [1.29, 1.82) is 0 Å². The van der Waals surface area contributed by atoms with Crippen molar-refractivity contribution in [3.8, 4) is 5.75 Å². The van der Waals surface area contributed by atoms with Crippen molar-refractivity contribution in [3.63, 3.8) is 0 Å². The average Bonchev–Trinajstić information content (AvgIpc) is 3.03. The highest BCUT2D eigenvalue weighted by atomic mass is 16.5. The Hall–Kier alpha value is -1.10. The first-order valence-electron chi connectivity index (χ1n) is 9.36. The summed E-state index contributed by atoms with van der Waals surface area (Å²) in [6.07, 6.45) is 4.11. The lowest BCUT2D eigenvalue weighted by atomic mass is 9.79. The van der Waals surface area contributed by atoms with E-state index in [-0.39, 0.29) is 5.92 Å². The first kappa shape index (κ1) is 17.7. The summed E-state index contributed by atoms with van der Waals surface area (Å²) in [7, 11) is 0. The lowest BCUT2D eigenvalue weighted by Gasteiger charge is -2.43. The molecule has 2 aliphatic heterocycles. The van der Waals surface area contributed by atoms with E-state index in [0.29, 0.717) is 25.9 Å². The second kappa shape index (κ2) is 7.85. The zero-order valence-electron chi connectivity index (χ0n) is 15.0. The van der Waals surface area contributed by atoms with Gasteiger partial charge in [-0.3, -0.25) is 4.90 Å². The largest absolute Gasteiger partial charge is 0.492 e. The minimum Gasteiger partial charge on any atom is -0.492 e. The Kier molecular flexibility index (Phi) is 5.80. The monoisotopic (exact) mass is 333 g/mol. The molecule has 1 aromatic rings. The lowest BCUT2D eigenvalue weighted by molar-refractivity contribution is -0.123. The predicted molar refractivity (Wildman–Crippen MR) is 95.5 cm³/mol. The molecule has 2 saturated heterocycles. The van der Waals surface area contributed by atoms with Gasteiger partial charge in [-0.05, 0) is 56.8 Å². The van der Waals surface area contributed by atoms with Crippen LogP contribution < -0.4 is 4.74 Å². The molecule has 4 nitrogen and oxygen atoms in total. The second-order valence-electron chi connectivity index (χ2n) is 7.38. The maximum Gasteiger partial charge on any atom is 0.119 e. The Bertz CT molecular complexity index is 531. The first-order valence-corrected chi connectivity index (χ1v) is 9.36. The fraction of sp³-hybridized carbons (Fsp3) is 0.700. The molecule has 0 aromatic heterocycles. The molecule has 1 aromatic carbocycles. The predicted octanol–water partition coefficient (Wildman–Crippen LogP) is 2.88. The zero-order valence-corrected chi connectivity index (χ0v) is 15.0.